The highest BCUT2D eigenvalue weighted by atomic mass is 127. The maximum Gasteiger partial charge on any atom is 0.135 e. The molecule has 8 heavy (non-hydrogen) atoms. The van der Waals surface area contributed by atoms with Crippen molar-refractivity contribution in [1.82, 2.24) is 0 Å². The van der Waals surface area contributed by atoms with Crippen molar-refractivity contribution in [2.45, 2.75) is 26.2 Å². The molecule has 0 spiro atoms. The molecule has 1 unspecified atom stereocenters. The Labute approximate surface area is 64.5 Å². The number of halogens is 1. The van der Waals surface area contributed by atoms with Crippen molar-refractivity contribution in [3.8, 4) is 0 Å². The molecule has 1 radical (unpaired) electrons. The summed E-state index contributed by atoms with van der Waals surface area (Å²) in [4.78, 5) is 0. The van der Waals surface area contributed by atoms with Crippen LogP contribution < -0.4 is 0 Å². The van der Waals surface area contributed by atoms with Crippen LogP contribution in [0.2, 0.25) is 0 Å². The van der Waals surface area contributed by atoms with E-state index in [1.807, 2.05) is 22.0 Å². The highest BCUT2D eigenvalue weighted by molar-refractivity contribution is 14.2. The molecule has 0 aromatic heterocycles. The van der Waals surface area contributed by atoms with Gasteiger partial charge in [-0.2, -0.15) is 0 Å². The first-order chi connectivity index (χ1) is 3.77. The molecule has 0 saturated heterocycles. The van der Waals surface area contributed by atoms with Gasteiger partial charge >= 0.3 is 0 Å². The molecule has 3 heteroatoms. The number of unbranched alkanes of at least 4 members (excludes halogenated alkanes) is 2. The Bertz CT molecular complexity index is 74.8. The van der Waals surface area contributed by atoms with Crippen LogP contribution in [-0.2, 0) is 4.57 Å². The van der Waals surface area contributed by atoms with E-state index in [-0.39, 0.29) is 0 Å². The van der Waals surface area contributed by atoms with Gasteiger partial charge in [0.15, 0.2) is 0 Å². The van der Waals surface area contributed by atoms with Crippen LogP contribution >= 0.6 is 27.5 Å². The first-order valence-corrected chi connectivity index (χ1v) is 7.11. The van der Waals surface area contributed by atoms with Gasteiger partial charge in [0.05, 0.1) is 0 Å². The normalized spacial score (nSPS) is 11.5. The molecular formula is C5H11IOP. The van der Waals surface area contributed by atoms with Crippen LogP contribution in [0.5, 0.6) is 0 Å². The summed E-state index contributed by atoms with van der Waals surface area (Å²) in [5, 5.41) is 0. The van der Waals surface area contributed by atoms with Crippen molar-refractivity contribution in [2.24, 2.45) is 0 Å². The average Bonchev–Trinajstić information content (AvgIpc) is 1.66. The maximum absolute atomic E-state index is 10.5. The quantitative estimate of drug-likeness (QED) is 0.421. The Balaban J connectivity index is 2.82. The minimum atomic E-state index is -0.892. The molecular weight excluding hydrogens is 234 g/mol. The second-order valence-electron chi connectivity index (χ2n) is 1.75. The minimum absolute atomic E-state index is 0.892. The predicted octanol–water partition coefficient (Wildman–Crippen LogP) is 3.35. The monoisotopic (exact) mass is 245 g/mol. The van der Waals surface area contributed by atoms with E-state index >= 15 is 0 Å². The van der Waals surface area contributed by atoms with Crippen molar-refractivity contribution >= 4 is 27.5 Å². The zero-order chi connectivity index (χ0) is 6.41. The molecule has 0 heterocycles. The average molecular weight is 245 g/mol. The molecule has 0 aliphatic heterocycles. The lowest BCUT2D eigenvalue weighted by Gasteiger charge is -1.89. The van der Waals surface area contributed by atoms with E-state index in [4.69, 9.17) is 0 Å². The highest BCUT2D eigenvalue weighted by Crippen LogP contribution is 2.31. The van der Waals surface area contributed by atoms with E-state index in [0.717, 1.165) is 12.6 Å². The summed E-state index contributed by atoms with van der Waals surface area (Å²) in [7, 11) is 0. The largest absolute Gasteiger partial charge is 0.276 e. The molecule has 1 nitrogen and oxygen atoms in total. The third-order valence-corrected chi connectivity index (χ3v) is 3.05. The summed E-state index contributed by atoms with van der Waals surface area (Å²) in [5.41, 5.74) is -0.892. The molecule has 0 aromatic carbocycles. The Morgan fingerprint density at radius 3 is 2.50 bits per heavy atom. The van der Waals surface area contributed by atoms with Gasteiger partial charge < -0.3 is 0 Å². The maximum atomic E-state index is 10.5. The molecule has 0 bridgehead atoms. The zero-order valence-electron chi connectivity index (χ0n) is 5.06. The van der Waals surface area contributed by atoms with Crippen molar-refractivity contribution in [3.63, 3.8) is 0 Å². The predicted molar refractivity (Wildman–Crippen MR) is 46.0 cm³/mol. The number of hydrogen-bond donors (Lipinski definition) is 0. The van der Waals surface area contributed by atoms with Gasteiger partial charge in [0.1, 0.15) is 5.44 Å². The van der Waals surface area contributed by atoms with Gasteiger partial charge in [0.25, 0.3) is 0 Å². The van der Waals surface area contributed by atoms with Gasteiger partial charge in [0, 0.05) is 28.2 Å². The second kappa shape index (κ2) is 5.96. The smallest absolute Gasteiger partial charge is 0.135 e. The molecule has 0 fully saturated rings. The van der Waals surface area contributed by atoms with Crippen LogP contribution in [0.15, 0.2) is 0 Å². The van der Waals surface area contributed by atoms with Crippen molar-refractivity contribution < 1.29 is 4.57 Å². The minimum Gasteiger partial charge on any atom is -0.276 e. The van der Waals surface area contributed by atoms with Gasteiger partial charge in [0.2, 0.25) is 0 Å². The Morgan fingerprint density at radius 2 is 2.12 bits per heavy atom. The van der Waals surface area contributed by atoms with Crippen LogP contribution in [0.1, 0.15) is 26.2 Å². The summed E-state index contributed by atoms with van der Waals surface area (Å²) in [6.07, 6.45) is 4.49. The summed E-state index contributed by atoms with van der Waals surface area (Å²) in [6.45, 7) is 2.15. The Hall–Kier alpha value is 0.830. The SMILES string of the molecule is CCCCC[P](=O)I. The van der Waals surface area contributed by atoms with Crippen LogP contribution in [-0.4, -0.2) is 6.16 Å². The van der Waals surface area contributed by atoms with E-state index in [1.165, 1.54) is 12.8 Å². The molecule has 1 atom stereocenters. The lowest BCUT2D eigenvalue weighted by molar-refractivity contribution is 0.595. The van der Waals surface area contributed by atoms with E-state index in [1.54, 1.807) is 0 Å². The molecule has 0 saturated carbocycles. The number of hydrogen-bond acceptors (Lipinski definition) is 1. The summed E-state index contributed by atoms with van der Waals surface area (Å²) < 4.78 is 10.5. The fourth-order valence-corrected chi connectivity index (χ4v) is 1.98. The van der Waals surface area contributed by atoms with Crippen molar-refractivity contribution in [1.29, 1.82) is 0 Å². The fraction of sp³-hybridized carbons (Fsp3) is 1.00. The first-order valence-electron chi connectivity index (χ1n) is 2.87. The van der Waals surface area contributed by atoms with Gasteiger partial charge in [-0.3, -0.25) is 4.57 Å². The molecule has 0 rings (SSSR count). The standard InChI is InChI=1S/C5H11IOP/c1-2-3-4-5-8(6)7/h2-5H2,1H3. The van der Waals surface area contributed by atoms with Crippen molar-refractivity contribution in [3.05, 3.63) is 0 Å². The van der Waals surface area contributed by atoms with Crippen LogP contribution in [0.25, 0.3) is 0 Å². The molecule has 0 aromatic rings. The zero-order valence-corrected chi connectivity index (χ0v) is 8.11. The van der Waals surface area contributed by atoms with E-state index in [9.17, 15) is 4.57 Å². The summed E-state index contributed by atoms with van der Waals surface area (Å²) in [6, 6.07) is 0. The Kier molecular flexibility index (Phi) is 6.58. The third kappa shape index (κ3) is 6.83. The molecule has 0 N–H and O–H groups in total. The van der Waals surface area contributed by atoms with E-state index in [0.29, 0.717) is 0 Å². The molecule has 0 aliphatic rings. The fourth-order valence-electron chi connectivity index (χ4n) is 0.486. The summed E-state index contributed by atoms with van der Waals surface area (Å²) >= 11 is 1.99. The van der Waals surface area contributed by atoms with Gasteiger partial charge in [-0.25, -0.2) is 0 Å². The van der Waals surface area contributed by atoms with E-state index in [2.05, 4.69) is 6.92 Å². The van der Waals surface area contributed by atoms with Gasteiger partial charge in [-0.15, -0.1) is 0 Å². The van der Waals surface area contributed by atoms with Crippen LogP contribution in [0.3, 0.4) is 0 Å². The topological polar surface area (TPSA) is 17.1 Å². The first kappa shape index (κ1) is 8.83. The number of rotatable bonds is 4. The third-order valence-electron chi connectivity index (χ3n) is 0.937. The lowest BCUT2D eigenvalue weighted by Crippen LogP contribution is -1.73. The van der Waals surface area contributed by atoms with E-state index < -0.39 is 5.44 Å². The van der Waals surface area contributed by atoms with Gasteiger partial charge in [-0.05, 0) is 6.42 Å². The molecule has 0 amide bonds. The molecule has 49 valence electrons. The second-order valence-corrected chi connectivity index (χ2v) is 6.06. The van der Waals surface area contributed by atoms with Gasteiger partial charge in [-0.1, -0.05) is 19.8 Å². The highest BCUT2D eigenvalue weighted by Gasteiger charge is 1.90. The van der Waals surface area contributed by atoms with Crippen LogP contribution in [0, 0.1) is 0 Å². The lowest BCUT2D eigenvalue weighted by atomic mass is 10.3. The van der Waals surface area contributed by atoms with Crippen LogP contribution in [0.4, 0.5) is 0 Å². The molecule has 0 aliphatic carbocycles. The summed E-state index contributed by atoms with van der Waals surface area (Å²) in [5.74, 6) is 0. The van der Waals surface area contributed by atoms with Crippen molar-refractivity contribution in [2.75, 3.05) is 6.16 Å². The Morgan fingerprint density at radius 1 is 1.50 bits per heavy atom.